The van der Waals surface area contributed by atoms with Crippen LogP contribution in [0.3, 0.4) is 0 Å². The summed E-state index contributed by atoms with van der Waals surface area (Å²) in [5.41, 5.74) is 0.667. The number of hydrogen-bond acceptors (Lipinski definition) is 4. The maximum atomic E-state index is 11.2. The van der Waals surface area contributed by atoms with E-state index in [1.807, 2.05) is 30.3 Å². The van der Waals surface area contributed by atoms with Crippen LogP contribution in [0.15, 0.2) is 30.3 Å². The van der Waals surface area contributed by atoms with Gasteiger partial charge >= 0.3 is 11.6 Å². The third-order valence-corrected chi connectivity index (χ3v) is 3.97. The van der Waals surface area contributed by atoms with Gasteiger partial charge in [-0.3, -0.25) is 10.1 Å². The van der Waals surface area contributed by atoms with Crippen LogP contribution in [0.1, 0.15) is 30.9 Å². The molecule has 0 unspecified atom stereocenters. The van der Waals surface area contributed by atoms with Gasteiger partial charge < -0.3 is 4.74 Å². The lowest BCUT2D eigenvalue weighted by Gasteiger charge is -2.25. The Balaban J connectivity index is 1.84. The van der Waals surface area contributed by atoms with E-state index in [1.54, 1.807) is 0 Å². The molecule has 1 aromatic carbocycles. The average Bonchev–Trinajstić information content (AvgIpc) is 2.73. The zero-order valence-electron chi connectivity index (χ0n) is 11.2. The van der Waals surface area contributed by atoms with Gasteiger partial charge in [0.05, 0.1) is 11.0 Å². The van der Waals surface area contributed by atoms with Crippen molar-refractivity contribution >= 4 is 17.3 Å². The molecule has 3 rings (SSSR count). The summed E-state index contributed by atoms with van der Waals surface area (Å²) in [7, 11) is 0. The summed E-state index contributed by atoms with van der Waals surface area (Å²) in [5.74, 6) is -0.0132. The van der Waals surface area contributed by atoms with Crippen molar-refractivity contribution in [3.8, 4) is 5.88 Å². The molecule has 21 heavy (non-hydrogen) atoms. The van der Waals surface area contributed by atoms with Gasteiger partial charge in [-0.15, -0.1) is 5.10 Å². The van der Waals surface area contributed by atoms with E-state index in [2.05, 4.69) is 5.10 Å². The van der Waals surface area contributed by atoms with Crippen LogP contribution in [-0.4, -0.2) is 14.7 Å². The van der Waals surface area contributed by atoms with Crippen LogP contribution in [0.2, 0.25) is 5.15 Å². The predicted octanol–water partition coefficient (Wildman–Crippen LogP) is 3.75. The molecule has 1 aromatic heterocycles. The molecule has 0 atom stereocenters. The molecule has 2 aromatic rings. The van der Waals surface area contributed by atoms with Crippen LogP contribution < -0.4 is 4.74 Å². The number of aromatic nitrogens is 2. The Kier molecular flexibility index (Phi) is 3.79. The summed E-state index contributed by atoms with van der Waals surface area (Å²) in [5, 5.41) is 15.4. The molecule has 0 radical (unpaired) electrons. The fourth-order valence-corrected chi connectivity index (χ4v) is 2.56. The summed E-state index contributed by atoms with van der Waals surface area (Å²) < 4.78 is 7.02. The molecule has 1 fully saturated rings. The maximum Gasteiger partial charge on any atom is 0.368 e. The van der Waals surface area contributed by atoms with E-state index in [9.17, 15) is 10.1 Å². The molecule has 0 amide bonds. The molecule has 1 aliphatic carbocycles. The molecule has 0 saturated heterocycles. The second-order valence-electron chi connectivity index (χ2n) is 5.01. The van der Waals surface area contributed by atoms with Crippen LogP contribution in [0.25, 0.3) is 0 Å². The highest BCUT2D eigenvalue weighted by Crippen LogP contribution is 2.41. The first-order valence-electron chi connectivity index (χ1n) is 6.76. The molecule has 1 saturated carbocycles. The second-order valence-corrected chi connectivity index (χ2v) is 5.36. The van der Waals surface area contributed by atoms with Crippen molar-refractivity contribution in [3.63, 3.8) is 0 Å². The summed E-state index contributed by atoms with van der Waals surface area (Å²) in [6.45, 7) is 0.222. The Morgan fingerprint density at radius 3 is 2.67 bits per heavy atom. The molecule has 7 heteroatoms. The first kappa shape index (κ1) is 13.9. The first-order valence-corrected chi connectivity index (χ1v) is 7.13. The molecule has 0 spiro atoms. The Labute approximate surface area is 126 Å². The second kappa shape index (κ2) is 5.73. The quantitative estimate of drug-likeness (QED) is 0.623. The van der Waals surface area contributed by atoms with Gasteiger partial charge in [-0.25, -0.2) is 4.68 Å². The Hall–Kier alpha value is -2.08. The summed E-state index contributed by atoms with van der Waals surface area (Å²) >= 11 is 6.09. The van der Waals surface area contributed by atoms with Gasteiger partial charge in [-0.2, -0.15) is 0 Å². The van der Waals surface area contributed by atoms with Gasteiger partial charge in [0, 0.05) is 0 Å². The third kappa shape index (κ3) is 2.71. The minimum atomic E-state index is -0.537. The van der Waals surface area contributed by atoms with Crippen molar-refractivity contribution in [3.05, 3.63) is 51.2 Å². The summed E-state index contributed by atoms with van der Waals surface area (Å²) in [6.07, 6.45) is 2.97. The molecule has 110 valence electrons. The van der Waals surface area contributed by atoms with E-state index < -0.39 is 4.92 Å². The van der Waals surface area contributed by atoms with Crippen molar-refractivity contribution in [2.75, 3.05) is 0 Å². The lowest BCUT2D eigenvalue weighted by Crippen LogP contribution is -2.18. The lowest BCUT2D eigenvalue weighted by molar-refractivity contribution is -0.385. The Bertz CT molecular complexity index is 653. The van der Waals surface area contributed by atoms with Crippen LogP contribution in [0, 0.1) is 10.1 Å². The number of nitrogens with zero attached hydrogens (tertiary/aromatic N) is 3. The van der Waals surface area contributed by atoms with Gasteiger partial charge in [-0.1, -0.05) is 41.9 Å². The number of hydrogen-bond donors (Lipinski definition) is 0. The molecule has 0 bridgehead atoms. The minimum absolute atomic E-state index is 0.0132. The van der Waals surface area contributed by atoms with Crippen LogP contribution in [0.4, 0.5) is 5.69 Å². The molecule has 1 aliphatic rings. The predicted molar refractivity (Wildman–Crippen MR) is 77.6 cm³/mol. The van der Waals surface area contributed by atoms with Crippen molar-refractivity contribution < 1.29 is 9.66 Å². The van der Waals surface area contributed by atoms with E-state index in [0.717, 1.165) is 24.8 Å². The van der Waals surface area contributed by atoms with Crippen LogP contribution >= 0.6 is 11.6 Å². The molecule has 0 aliphatic heterocycles. The van der Waals surface area contributed by atoms with Gasteiger partial charge in [0.25, 0.3) is 0 Å². The average molecular weight is 308 g/mol. The number of nitro groups is 1. The van der Waals surface area contributed by atoms with E-state index in [1.165, 1.54) is 4.68 Å². The van der Waals surface area contributed by atoms with Gasteiger partial charge in [-0.05, 0) is 24.8 Å². The Morgan fingerprint density at radius 1 is 1.38 bits per heavy atom. The van der Waals surface area contributed by atoms with Crippen molar-refractivity contribution in [1.29, 1.82) is 0 Å². The molecular weight excluding hydrogens is 294 g/mol. The third-order valence-electron chi connectivity index (χ3n) is 3.62. The van der Waals surface area contributed by atoms with E-state index >= 15 is 0 Å². The zero-order valence-corrected chi connectivity index (χ0v) is 12.0. The van der Waals surface area contributed by atoms with Gasteiger partial charge in [0.1, 0.15) is 6.61 Å². The number of ether oxygens (including phenoxy) is 1. The zero-order chi connectivity index (χ0) is 14.8. The van der Waals surface area contributed by atoms with E-state index in [4.69, 9.17) is 16.3 Å². The topological polar surface area (TPSA) is 70.2 Å². The SMILES string of the molecule is O=[N+]([O-])c1c(OCc2ccccc2)nn(C2CCC2)c1Cl. The number of benzene rings is 1. The van der Waals surface area contributed by atoms with Crippen molar-refractivity contribution in [2.45, 2.75) is 31.9 Å². The normalized spacial score (nSPS) is 14.7. The molecular formula is C14H14ClN3O3. The minimum Gasteiger partial charge on any atom is -0.467 e. The van der Waals surface area contributed by atoms with E-state index in [-0.39, 0.29) is 29.4 Å². The largest absolute Gasteiger partial charge is 0.467 e. The summed E-state index contributed by atoms with van der Waals surface area (Å²) in [6, 6.07) is 9.58. The van der Waals surface area contributed by atoms with Crippen molar-refractivity contribution in [1.82, 2.24) is 9.78 Å². The van der Waals surface area contributed by atoms with E-state index in [0.29, 0.717) is 0 Å². The summed E-state index contributed by atoms with van der Waals surface area (Å²) in [4.78, 5) is 10.6. The van der Waals surface area contributed by atoms with Crippen LogP contribution in [-0.2, 0) is 6.61 Å². The fourth-order valence-electron chi connectivity index (χ4n) is 2.24. The Morgan fingerprint density at radius 2 is 2.10 bits per heavy atom. The smallest absolute Gasteiger partial charge is 0.368 e. The highest BCUT2D eigenvalue weighted by atomic mass is 35.5. The number of halogens is 1. The highest BCUT2D eigenvalue weighted by molar-refractivity contribution is 6.32. The molecule has 0 N–H and O–H groups in total. The standard InChI is InChI=1S/C14H14ClN3O3/c15-13-12(18(19)20)14(16-17(13)11-7-4-8-11)21-9-10-5-2-1-3-6-10/h1-3,5-6,11H,4,7-9H2. The number of rotatable bonds is 5. The molecule has 6 nitrogen and oxygen atoms in total. The molecule has 1 heterocycles. The van der Waals surface area contributed by atoms with Gasteiger partial charge in [0.2, 0.25) is 5.15 Å². The highest BCUT2D eigenvalue weighted by Gasteiger charge is 2.33. The van der Waals surface area contributed by atoms with Gasteiger partial charge in [0.15, 0.2) is 0 Å². The first-order chi connectivity index (χ1) is 10.2. The van der Waals surface area contributed by atoms with Crippen molar-refractivity contribution in [2.24, 2.45) is 0 Å². The lowest BCUT2D eigenvalue weighted by atomic mass is 9.93. The fraction of sp³-hybridized carbons (Fsp3) is 0.357. The maximum absolute atomic E-state index is 11.2. The monoisotopic (exact) mass is 307 g/mol. The van der Waals surface area contributed by atoms with Crippen LogP contribution in [0.5, 0.6) is 5.88 Å².